The van der Waals surface area contributed by atoms with E-state index in [2.05, 4.69) is 5.10 Å². The number of hydrogen-bond acceptors (Lipinski definition) is 4. The maximum atomic E-state index is 12.9. The van der Waals surface area contributed by atoms with Gasteiger partial charge in [-0.1, -0.05) is 18.2 Å². The maximum absolute atomic E-state index is 12.9. The van der Waals surface area contributed by atoms with Crippen molar-refractivity contribution in [3.8, 4) is 11.3 Å². The molecule has 1 aromatic carbocycles. The lowest BCUT2D eigenvalue weighted by molar-refractivity contribution is 0.0600. The summed E-state index contributed by atoms with van der Waals surface area (Å²) in [5.74, 6) is -0.323. The topological polar surface area (TPSA) is 63.9 Å². The zero-order valence-electron chi connectivity index (χ0n) is 15.2. The van der Waals surface area contributed by atoms with Crippen molar-refractivity contribution in [3.05, 3.63) is 59.8 Å². The minimum atomic E-state index is -0.367. The summed E-state index contributed by atoms with van der Waals surface area (Å²) in [6.07, 6.45) is 4.95. The normalized spacial score (nSPS) is 14.3. The summed E-state index contributed by atoms with van der Waals surface area (Å²) in [4.78, 5) is 26.4. The molecular weight excluding hydrogens is 342 g/mol. The van der Waals surface area contributed by atoms with Crippen LogP contribution >= 0.6 is 0 Å². The number of ether oxygens (including phenoxy) is 1. The van der Waals surface area contributed by atoms with Gasteiger partial charge in [0, 0.05) is 18.7 Å². The van der Waals surface area contributed by atoms with Crippen LogP contribution < -0.4 is 0 Å². The quantitative estimate of drug-likeness (QED) is 0.669. The molecule has 1 amide bonds. The van der Waals surface area contributed by atoms with E-state index < -0.39 is 0 Å². The number of amides is 1. The fourth-order valence-corrected chi connectivity index (χ4v) is 3.56. The molecule has 4 rings (SSSR count). The second-order valence-corrected chi connectivity index (χ2v) is 6.69. The number of likely N-dealkylation sites (tertiary alicyclic amines) is 1. The highest BCUT2D eigenvalue weighted by Crippen LogP contribution is 2.24. The molecule has 2 aromatic heterocycles. The van der Waals surface area contributed by atoms with Gasteiger partial charge in [-0.15, -0.1) is 0 Å². The van der Waals surface area contributed by atoms with E-state index >= 15 is 0 Å². The molecule has 138 valence electrons. The molecule has 3 heterocycles. The van der Waals surface area contributed by atoms with Crippen LogP contribution in [0, 0.1) is 0 Å². The number of aromatic nitrogens is 2. The Morgan fingerprint density at radius 3 is 2.44 bits per heavy atom. The third-order valence-corrected chi connectivity index (χ3v) is 5.02. The van der Waals surface area contributed by atoms with Crippen LogP contribution in [0.2, 0.25) is 0 Å². The smallest absolute Gasteiger partial charge is 0.337 e. The van der Waals surface area contributed by atoms with Crippen molar-refractivity contribution in [3.63, 3.8) is 0 Å². The van der Waals surface area contributed by atoms with Crippen LogP contribution in [0.4, 0.5) is 0 Å². The average molecular weight is 363 g/mol. The SMILES string of the molecule is COC(=O)c1ccc(-c2cccc3c(C(=O)N4CCCCC4)cnn23)cc1. The Morgan fingerprint density at radius 2 is 1.74 bits per heavy atom. The van der Waals surface area contributed by atoms with Crippen LogP contribution in [0.1, 0.15) is 40.0 Å². The first-order valence-corrected chi connectivity index (χ1v) is 9.14. The molecule has 1 saturated heterocycles. The van der Waals surface area contributed by atoms with Crippen molar-refractivity contribution < 1.29 is 14.3 Å². The van der Waals surface area contributed by atoms with Crippen molar-refractivity contribution in [2.24, 2.45) is 0 Å². The second-order valence-electron chi connectivity index (χ2n) is 6.69. The van der Waals surface area contributed by atoms with E-state index in [4.69, 9.17) is 4.74 Å². The van der Waals surface area contributed by atoms with Crippen molar-refractivity contribution in [2.45, 2.75) is 19.3 Å². The Kier molecular flexibility index (Phi) is 4.62. The van der Waals surface area contributed by atoms with Gasteiger partial charge in [-0.3, -0.25) is 4.79 Å². The number of pyridine rings is 1. The Morgan fingerprint density at radius 1 is 1.00 bits per heavy atom. The summed E-state index contributed by atoms with van der Waals surface area (Å²) in [7, 11) is 1.36. The molecule has 0 atom stereocenters. The molecule has 0 radical (unpaired) electrons. The number of piperidine rings is 1. The standard InChI is InChI=1S/C21H21N3O3/c1-27-21(26)16-10-8-15(9-11-16)18-6-5-7-19-17(14-22-24(18)19)20(25)23-12-3-2-4-13-23/h5-11,14H,2-4,12-13H2,1H3. The molecule has 6 heteroatoms. The number of rotatable bonds is 3. The summed E-state index contributed by atoms with van der Waals surface area (Å²) in [5.41, 5.74) is 3.69. The van der Waals surface area contributed by atoms with Crippen LogP contribution in [0.5, 0.6) is 0 Å². The molecule has 27 heavy (non-hydrogen) atoms. The molecule has 0 spiro atoms. The number of esters is 1. The Labute approximate surface area is 157 Å². The van der Waals surface area contributed by atoms with Gasteiger partial charge in [-0.25, -0.2) is 9.31 Å². The lowest BCUT2D eigenvalue weighted by Crippen LogP contribution is -2.35. The molecular formula is C21H21N3O3. The second kappa shape index (κ2) is 7.23. The number of hydrogen-bond donors (Lipinski definition) is 0. The van der Waals surface area contributed by atoms with E-state index in [1.165, 1.54) is 13.5 Å². The number of carbonyl (C=O) groups is 2. The molecule has 0 saturated carbocycles. The monoisotopic (exact) mass is 363 g/mol. The number of nitrogens with zero attached hydrogens (tertiary/aromatic N) is 3. The molecule has 6 nitrogen and oxygen atoms in total. The molecule has 1 fully saturated rings. The van der Waals surface area contributed by atoms with Crippen LogP contribution in [-0.2, 0) is 4.74 Å². The zero-order chi connectivity index (χ0) is 18.8. The highest BCUT2D eigenvalue weighted by atomic mass is 16.5. The molecule has 0 N–H and O–H groups in total. The van der Waals surface area contributed by atoms with E-state index in [1.54, 1.807) is 22.8 Å². The largest absolute Gasteiger partial charge is 0.465 e. The first-order valence-electron chi connectivity index (χ1n) is 9.14. The Bertz CT molecular complexity index is 986. The van der Waals surface area contributed by atoms with Gasteiger partial charge in [0.25, 0.3) is 5.91 Å². The van der Waals surface area contributed by atoms with E-state index in [0.29, 0.717) is 11.1 Å². The predicted molar refractivity (Wildman–Crippen MR) is 102 cm³/mol. The van der Waals surface area contributed by atoms with E-state index in [9.17, 15) is 9.59 Å². The lowest BCUT2D eigenvalue weighted by atomic mass is 10.1. The first-order chi connectivity index (χ1) is 13.2. The lowest BCUT2D eigenvalue weighted by Gasteiger charge is -2.26. The van der Waals surface area contributed by atoms with Crippen molar-refractivity contribution in [1.82, 2.24) is 14.5 Å². The summed E-state index contributed by atoms with van der Waals surface area (Å²) in [6, 6.07) is 12.9. The number of carbonyl (C=O) groups excluding carboxylic acids is 2. The molecule has 1 aliphatic rings. The van der Waals surface area contributed by atoms with Crippen LogP contribution in [-0.4, -0.2) is 46.6 Å². The van der Waals surface area contributed by atoms with Gasteiger partial charge < -0.3 is 9.64 Å². The molecule has 0 aliphatic carbocycles. The van der Waals surface area contributed by atoms with Crippen molar-refractivity contribution in [1.29, 1.82) is 0 Å². The van der Waals surface area contributed by atoms with E-state index in [-0.39, 0.29) is 11.9 Å². The minimum Gasteiger partial charge on any atom is -0.465 e. The van der Waals surface area contributed by atoms with Crippen molar-refractivity contribution in [2.75, 3.05) is 20.2 Å². The van der Waals surface area contributed by atoms with Crippen LogP contribution in [0.3, 0.4) is 0 Å². The van der Waals surface area contributed by atoms with E-state index in [1.807, 2.05) is 35.2 Å². The van der Waals surface area contributed by atoms with Gasteiger partial charge >= 0.3 is 5.97 Å². The number of methoxy groups -OCH3 is 1. The summed E-state index contributed by atoms with van der Waals surface area (Å²) in [6.45, 7) is 1.62. The summed E-state index contributed by atoms with van der Waals surface area (Å²) >= 11 is 0. The third kappa shape index (κ3) is 3.18. The molecule has 3 aromatic rings. The van der Waals surface area contributed by atoms with Crippen LogP contribution in [0.15, 0.2) is 48.7 Å². The number of fused-ring (bicyclic) bond motifs is 1. The maximum Gasteiger partial charge on any atom is 0.337 e. The van der Waals surface area contributed by atoms with Crippen molar-refractivity contribution >= 4 is 17.4 Å². The molecule has 1 aliphatic heterocycles. The fraction of sp³-hybridized carbons (Fsp3) is 0.286. The Balaban J connectivity index is 1.70. The summed E-state index contributed by atoms with van der Waals surface area (Å²) < 4.78 is 6.52. The average Bonchev–Trinajstić information content (AvgIpc) is 3.17. The fourth-order valence-electron chi connectivity index (χ4n) is 3.56. The molecule has 0 bridgehead atoms. The van der Waals surface area contributed by atoms with Gasteiger partial charge in [0.15, 0.2) is 0 Å². The zero-order valence-corrected chi connectivity index (χ0v) is 15.2. The first kappa shape index (κ1) is 17.3. The van der Waals surface area contributed by atoms with E-state index in [0.717, 1.165) is 42.7 Å². The number of benzene rings is 1. The molecule has 0 unspecified atom stereocenters. The Hall–Kier alpha value is -3.15. The van der Waals surface area contributed by atoms with Gasteiger partial charge in [-0.05, 0) is 43.5 Å². The van der Waals surface area contributed by atoms with Crippen LogP contribution in [0.25, 0.3) is 16.8 Å². The third-order valence-electron chi connectivity index (χ3n) is 5.02. The summed E-state index contributed by atoms with van der Waals surface area (Å²) in [5, 5.41) is 4.46. The van der Waals surface area contributed by atoms with Gasteiger partial charge in [0.2, 0.25) is 0 Å². The predicted octanol–water partition coefficient (Wildman–Crippen LogP) is 3.41. The highest BCUT2D eigenvalue weighted by molar-refractivity contribution is 6.01. The van der Waals surface area contributed by atoms with Gasteiger partial charge in [0.05, 0.1) is 35.6 Å². The van der Waals surface area contributed by atoms with Gasteiger partial charge in [-0.2, -0.15) is 5.10 Å². The highest BCUT2D eigenvalue weighted by Gasteiger charge is 2.22. The minimum absolute atomic E-state index is 0.0443. The van der Waals surface area contributed by atoms with Gasteiger partial charge in [0.1, 0.15) is 0 Å².